The van der Waals surface area contributed by atoms with Crippen LogP contribution in [0.4, 0.5) is 8.78 Å². The van der Waals surface area contributed by atoms with Gasteiger partial charge in [-0.05, 0) is 12.1 Å². The smallest absolute Gasteiger partial charge is 0.306 e. The van der Waals surface area contributed by atoms with Crippen molar-refractivity contribution in [1.29, 1.82) is 0 Å². The fourth-order valence-corrected chi connectivity index (χ4v) is 1.46. The Morgan fingerprint density at radius 3 is 2.60 bits per heavy atom. The number of hydrogen-bond acceptors (Lipinski definition) is 1. The second-order valence-electron chi connectivity index (χ2n) is 3.40. The summed E-state index contributed by atoms with van der Waals surface area (Å²) in [5, 5.41) is 0. The zero-order chi connectivity index (χ0) is 11.1. The van der Waals surface area contributed by atoms with Crippen LogP contribution in [-0.2, 0) is 5.92 Å². The molecule has 0 amide bonds. The summed E-state index contributed by atoms with van der Waals surface area (Å²) in [5.74, 6) is -2.84. The monoisotopic (exact) mass is 212 g/mol. The van der Waals surface area contributed by atoms with E-state index in [1.807, 2.05) is 0 Å². The standard InChI is InChI=1S/C10H10F2N2O/c1-2-10(11,12)6-3-4-7-8(5-6)14-9(15)13-7/h3-5H,2H2,1H3,(H2,13,14,15). The Kier molecular flexibility index (Phi) is 2.10. The van der Waals surface area contributed by atoms with Gasteiger partial charge in [-0.1, -0.05) is 13.0 Å². The van der Waals surface area contributed by atoms with E-state index < -0.39 is 5.92 Å². The maximum absolute atomic E-state index is 13.3. The van der Waals surface area contributed by atoms with E-state index in [-0.39, 0.29) is 17.7 Å². The molecule has 80 valence electrons. The molecule has 1 aromatic heterocycles. The van der Waals surface area contributed by atoms with Gasteiger partial charge in [0, 0.05) is 12.0 Å². The molecule has 0 fully saturated rings. The summed E-state index contributed by atoms with van der Waals surface area (Å²) in [4.78, 5) is 15.9. The quantitative estimate of drug-likeness (QED) is 0.788. The largest absolute Gasteiger partial charge is 0.323 e. The van der Waals surface area contributed by atoms with Crippen molar-refractivity contribution in [2.45, 2.75) is 19.3 Å². The number of hydrogen-bond donors (Lipinski definition) is 2. The highest BCUT2D eigenvalue weighted by Gasteiger charge is 2.29. The number of benzene rings is 1. The normalized spacial score (nSPS) is 12.2. The van der Waals surface area contributed by atoms with Gasteiger partial charge in [0.25, 0.3) is 5.92 Å². The highest BCUT2D eigenvalue weighted by molar-refractivity contribution is 5.75. The number of aromatic amines is 2. The first-order valence-corrected chi connectivity index (χ1v) is 4.63. The zero-order valence-corrected chi connectivity index (χ0v) is 8.10. The highest BCUT2D eigenvalue weighted by Crippen LogP contribution is 2.32. The van der Waals surface area contributed by atoms with Crippen LogP contribution in [0.3, 0.4) is 0 Å². The average molecular weight is 212 g/mol. The molecular weight excluding hydrogens is 202 g/mol. The number of aromatic nitrogens is 2. The second-order valence-corrected chi connectivity index (χ2v) is 3.40. The van der Waals surface area contributed by atoms with Gasteiger partial charge < -0.3 is 9.97 Å². The first-order valence-electron chi connectivity index (χ1n) is 4.63. The SMILES string of the molecule is CCC(F)(F)c1ccc2[nH]c(=O)[nH]c2c1. The molecule has 0 aliphatic rings. The molecule has 1 aromatic carbocycles. The van der Waals surface area contributed by atoms with Crippen molar-refractivity contribution in [2.75, 3.05) is 0 Å². The van der Waals surface area contributed by atoms with E-state index in [1.165, 1.54) is 25.1 Å². The molecule has 0 radical (unpaired) electrons. The minimum atomic E-state index is -2.84. The van der Waals surface area contributed by atoms with Gasteiger partial charge in [-0.25, -0.2) is 13.6 Å². The van der Waals surface area contributed by atoms with Crippen molar-refractivity contribution in [3.05, 3.63) is 34.2 Å². The minimum absolute atomic E-state index is 0.0762. The van der Waals surface area contributed by atoms with Crippen LogP contribution in [0.25, 0.3) is 11.0 Å². The number of H-pyrrole nitrogens is 2. The Hall–Kier alpha value is -1.65. The van der Waals surface area contributed by atoms with E-state index in [1.54, 1.807) is 0 Å². The second kappa shape index (κ2) is 3.18. The minimum Gasteiger partial charge on any atom is -0.306 e. The van der Waals surface area contributed by atoms with Crippen LogP contribution < -0.4 is 5.69 Å². The summed E-state index contributed by atoms with van der Waals surface area (Å²) in [6.45, 7) is 1.42. The lowest BCUT2D eigenvalue weighted by Gasteiger charge is -2.13. The van der Waals surface area contributed by atoms with Gasteiger partial charge in [0.2, 0.25) is 0 Å². The molecular formula is C10H10F2N2O. The maximum atomic E-state index is 13.3. The number of alkyl halides is 2. The maximum Gasteiger partial charge on any atom is 0.323 e. The molecule has 0 saturated heterocycles. The molecule has 0 spiro atoms. The summed E-state index contributed by atoms with van der Waals surface area (Å²) in [7, 11) is 0. The van der Waals surface area contributed by atoms with Gasteiger partial charge >= 0.3 is 5.69 Å². The molecule has 1 heterocycles. The number of rotatable bonds is 2. The van der Waals surface area contributed by atoms with Crippen LogP contribution in [0, 0.1) is 0 Å². The van der Waals surface area contributed by atoms with Crippen LogP contribution in [-0.4, -0.2) is 9.97 Å². The van der Waals surface area contributed by atoms with Gasteiger partial charge in [-0.3, -0.25) is 0 Å². The van der Waals surface area contributed by atoms with Crippen LogP contribution in [0.5, 0.6) is 0 Å². The third kappa shape index (κ3) is 1.65. The fourth-order valence-electron chi connectivity index (χ4n) is 1.46. The Morgan fingerprint density at radius 2 is 1.93 bits per heavy atom. The van der Waals surface area contributed by atoms with Crippen molar-refractivity contribution in [3.63, 3.8) is 0 Å². The lowest BCUT2D eigenvalue weighted by atomic mass is 10.1. The summed E-state index contributed by atoms with van der Waals surface area (Å²) in [5.41, 5.74) is 0.482. The average Bonchev–Trinajstić information content (AvgIpc) is 2.56. The first kappa shape index (κ1) is 9.89. The van der Waals surface area contributed by atoms with Crippen molar-refractivity contribution in [3.8, 4) is 0 Å². The molecule has 5 heteroatoms. The van der Waals surface area contributed by atoms with E-state index >= 15 is 0 Å². The Bertz CT molecular complexity index is 542. The number of fused-ring (bicyclic) bond motifs is 1. The lowest BCUT2D eigenvalue weighted by molar-refractivity contribution is -0.00816. The predicted molar refractivity (Wildman–Crippen MR) is 53.1 cm³/mol. The van der Waals surface area contributed by atoms with E-state index in [0.717, 1.165) is 0 Å². The molecule has 0 atom stereocenters. The molecule has 0 bridgehead atoms. The summed E-state index contributed by atoms with van der Waals surface area (Å²) >= 11 is 0. The number of nitrogens with one attached hydrogen (secondary N) is 2. The fraction of sp³-hybridized carbons (Fsp3) is 0.300. The van der Waals surface area contributed by atoms with Crippen LogP contribution in [0.1, 0.15) is 18.9 Å². The summed E-state index contributed by atoms with van der Waals surface area (Å²) in [6, 6.07) is 4.11. The van der Waals surface area contributed by atoms with Crippen LogP contribution in [0.2, 0.25) is 0 Å². The van der Waals surface area contributed by atoms with E-state index in [0.29, 0.717) is 11.0 Å². The first-order chi connectivity index (χ1) is 7.03. The Morgan fingerprint density at radius 1 is 1.27 bits per heavy atom. The summed E-state index contributed by atoms with van der Waals surface area (Å²) < 4.78 is 26.6. The van der Waals surface area contributed by atoms with Crippen molar-refractivity contribution >= 4 is 11.0 Å². The van der Waals surface area contributed by atoms with Gasteiger partial charge in [-0.2, -0.15) is 0 Å². The molecule has 0 unspecified atom stereocenters. The predicted octanol–water partition coefficient (Wildman–Crippen LogP) is 2.36. The van der Waals surface area contributed by atoms with Gasteiger partial charge in [0.15, 0.2) is 0 Å². The van der Waals surface area contributed by atoms with Crippen LogP contribution in [0.15, 0.2) is 23.0 Å². The van der Waals surface area contributed by atoms with Gasteiger partial charge in [-0.15, -0.1) is 0 Å². The van der Waals surface area contributed by atoms with E-state index in [2.05, 4.69) is 9.97 Å². The Labute approximate surface area is 84.1 Å². The zero-order valence-electron chi connectivity index (χ0n) is 8.10. The van der Waals surface area contributed by atoms with Crippen LogP contribution >= 0.6 is 0 Å². The number of halogens is 2. The lowest BCUT2D eigenvalue weighted by Crippen LogP contribution is -2.11. The molecule has 2 aromatic rings. The number of imidazole rings is 1. The van der Waals surface area contributed by atoms with Crippen molar-refractivity contribution in [2.24, 2.45) is 0 Å². The molecule has 0 aliphatic heterocycles. The highest BCUT2D eigenvalue weighted by atomic mass is 19.3. The molecule has 0 aliphatic carbocycles. The third-order valence-corrected chi connectivity index (χ3v) is 2.38. The topological polar surface area (TPSA) is 48.6 Å². The van der Waals surface area contributed by atoms with E-state index in [9.17, 15) is 13.6 Å². The van der Waals surface area contributed by atoms with Gasteiger partial charge in [0.1, 0.15) is 0 Å². The molecule has 0 saturated carbocycles. The van der Waals surface area contributed by atoms with E-state index in [4.69, 9.17) is 0 Å². The molecule has 2 N–H and O–H groups in total. The summed E-state index contributed by atoms with van der Waals surface area (Å²) in [6.07, 6.45) is -0.257. The van der Waals surface area contributed by atoms with Crippen molar-refractivity contribution < 1.29 is 8.78 Å². The molecule has 2 rings (SSSR count). The third-order valence-electron chi connectivity index (χ3n) is 2.38. The van der Waals surface area contributed by atoms with Crippen molar-refractivity contribution in [1.82, 2.24) is 9.97 Å². The molecule has 3 nitrogen and oxygen atoms in total. The Balaban J connectivity index is 2.60. The van der Waals surface area contributed by atoms with Gasteiger partial charge in [0.05, 0.1) is 11.0 Å². The molecule has 15 heavy (non-hydrogen) atoms.